The second-order valence-electron chi connectivity index (χ2n) is 5.43. The van der Waals surface area contributed by atoms with Gasteiger partial charge in [0.2, 0.25) is 0 Å². The van der Waals surface area contributed by atoms with Gasteiger partial charge in [-0.15, -0.1) is 0 Å². The third-order valence-corrected chi connectivity index (χ3v) is 4.76. The molecule has 0 aromatic carbocycles. The second kappa shape index (κ2) is 2.25. The molecular weight excluding hydrogens is 176 g/mol. The van der Waals surface area contributed by atoms with Gasteiger partial charge in [-0.3, -0.25) is 0 Å². The molecule has 2 heterocycles. The maximum Gasteiger partial charge on any atom is 0.0911 e. The van der Waals surface area contributed by atoms with Gasteiger partial charge in [-0.1, -0.05) is 11.1 Å². The van der Waals surface area contributed by atoms with Gasteiger partial charge in [0.25, 0.3) is 0 Å². The van der Waals surface area contributed by atoms with E-state index in [-0.39, 0.29) is 0 Å². The van der Waals surface area contributed by atoms with E-state index in [4.69, 9.17) is 9.47 Å². The average Bonchev–Trinajstić information content (AvgIpc) is 2.63. The van der Waals surface area contributed by atoms with E-state index in [0.29, 0.717) is 12.2 Å². The van der Waals surface area contributed by atoms with Crippen molar-refractivity contribution in [2.45, 2.75) is 26.1 Å². The maximum absolute atomic E-state index is 5.89. The van der Waals surface area contributed by atoms with Gasteiger partial charge in [-0.2, -0.15) is 0 Å². The van der Waals surface area contributed by atoms with Crippen molar-refractivity contribution in [1.29, 1.82) is 0 Å². The molecule has 6 atom stereocenters. The Balaban J connectivity index is 1.94. The molecule has 2 bridgehead atoms. The van der Waals surface area contributed by atoms with Gasteiger partial charge < -0.3 is 9.47 Å². The summed E-state index contributed by atoms with van der Waals surface area (Å²) in [5, 5.41) is 0. The summed E-state index contributed by atoms with van der Waals surface area (Å²) in [7, 11) is 0. The summed E-state index contributed by atoms with van der Waals surface area (Å²) in [4.78, 5) is 0. The Morgan fingerprint density at radius 1 is 1.00 bits per heavy atom. The molecule has 2 heteroatoms. The normalized spacial score (nSPS) is 57.4. The van der Waals surface area contributed by atoms with Crippen molar-refractivity contribution >= 4 is 0 Å². The summed E-state index contributed by atoms with van der Waals surface area (Å²) in [6, 6.07) is 0. The van der Waals surface area contributed by atoms with Crippen molar-refractivity contribution in [2.24, 2.45) is 23.7 Å². The minimum atomic E-state index is 0.411. The third-order valence-electron chi connectivity index (χ3n) is 4.76. The molecule has 0 aromatic heterocycles. The molecule has 4 fully saturated rings. The lowest BCUT2D eigenvalue weighted by molar-refractivity contribution is -0.0226. The van der Waals surface area contributed by atoms with Gasteiger partial charge in [-0.05, 0) is 25.7 Å². The second-order valence-corrected chi connectivity index (χ2v) is 5.43. The molecule has 14 heavy (non-hydrogen) atoms. The molecule has 76 valence electrons. The summed E-state index contributed by atoms with van der Waals surface area (Å²) >= 11 is 0. The van der Waals surface area contributed by atoms with Crippen molar-refractivity contribution in [1.82, 2.24) is 0 Å². The predicted molar refractivity (Wildman–Crippen MR) is 51.8 cm³/mol. The maximum atomic E-state index is 5.89. The summed E-state index contributed by atoms with van der Waals surface area (Å²) in [6.07, 6.45) is 0.822. The molecule has 0 spiro atoms. The summed E-state index contributed by atoms with van der Waals surface area (Å²) in [6.45, 7) is 6.50. The number of fused-ring (bicyclic) bond motifs is 2. The Hall–Kier alpha value is -0.340. The molecule has 6 unspecified atom stereocenters. The summed E-state index contributed by atoms with van der Waals surface area (Å²) in [5.74, 6) is 3.02. The lowest BCUT2D eigenvalue weighted by Crippen LogP contribution is -2.30. The van der Waals surface area contributed by atoms with Gasteiger partial charge >= 0.3 is 0 Å². The van der Waals surface area contributed by atoms with Crippen LogP contribution in [0, 0.1) is 23.7 Å². The first kappa shape index (κ1) is 7.89. The van der Waals surface area contributed by atoms with Crippen LogP contribution in [0.3, 0.4) is 0 Å². The number of hydrogen-bond acceptors (Lipinski definition) is 2. The first-order valence-corrected chi connectivity index (χ1v) is 5.69. The largest absolute Gasteiger partial charge is 0.375 e. The van der Waals surface area contributed by atoms with Gasteiger partial charge in [0, 0.05) is 11.8 Å². The molecule has 2 nitrogen and oxygen atoms in total. The van der Waals surface area contributed by atoms with Gasteiger partial charge in [0.1, 0.15) is 0 Å². The van der Waals surface area contributed by atoms with Gasteiger partial charge in [0.05, 0.1) is 25.4 Å². The Bertz CT molecular complexity index is 283. The fourth-order valence-corrected chi connectivity index (χ4v) is 4.43. The SMILES string of the molecule is CC(C)=C1C2C3COC2C2OCC3C12. The van der Waals surface area contributed by atoms with E-state index in [2.05, 4.69) is 13.8 Å². The molecule has 0 radical (unpaired) electrons. The standard InChI is InChI=1S/C12H16O2/c1-5(2)8-9-6-3-13-11(9)12-10(8)7(6)4-14-12/h6-7,9-12H,3-4H2,1-2H3. The fourth-order valence-electron chi connectivity index (χ4n) is 4.43. The summed E-state index contributed by atoms with van der Waals surface area (Å²) < 4.78 is 11.8. The van der Waals surface area contributed by atoms with Crippen LogP contribution in [0.1, 0.15) is 13.8 Å². The first-order chi connectivity index (χ1) is 6.79. The van der Waals surface area contributed by atoms with Crippen molar-refractivity contribution in [3.8, 4) is 0 Å². The smallest absolute Gasteiger partial charge is 0.0911 e. The molecule has 2 saturated heterocycles. The van der Waals surface area contributed by atoms with E-state index < -0.39 is 0 Å². The molecular formula is C12H16O2. The van der Waals surface area contributed by atoms with Crippen molar-refractivity contribution in [3.05, 3.63) is 11.1 Å². The highest BCUT2D eigenvalue weighted by atomic mass is 16.6. The van der Waals surface area contributed by atoms with E-state index in [1.165, 1.54) is 5.57 Å². The van der Waals surface area contributed by atoms with Gasteiger partial charge in [0.15, 0.2) is 0 Å². The molecule has 0 amide bonds. The average molecular weight is 192 g/mol. The Kier molecular flexibility index (Phi) is 1.27. The quantitative estimate of drug-likeness (QED) is 0.543. The number of ether oxygens (including phenoxy) is 2. The highest BCUT2D eigenvalue weighted by Gasteiger charge is 2.68. The van der Waals surface area contributed by atoms with Crippen LogP contribution in [0.25, 0.3) is 0 Å². The molecule has 4 rings (SSSR count). The van der Waals surface area contributed by atoms with E-state index in [1.807, 2.05) is 0 Å². The monoisotopic (exact) mass is 192 g/mol. The van der Waals surface area contributed by atoms with Crippen LogP contribution in [0.5, 0.6) is 0 Å². The van der Waals surface area contributed by atoms with E-state index >= 15 is 0 Å². The minimum Gasteiger partial charge on any atom is -0.375 e. The number of rotatable bonds is 0. The number of hydrogen-bond donors (Lipinski definition) is 0. The van der Waals surface area contributed by atoms with Gasteiger partial charge in [-0.25, -0.2) is 0 Å². The molecule has 2 aliphatic carbocycles. The summed E-state index contributed by atoms with van der Waals surface area (Å²) in [5.41, 5.74) is 3.22. The highest BCUT2D eigenvalue weighted by Crippen LogP contribution is 2.64. The van der Waals surface area contributed by atoms with Crippen molar-refractivity contribution in [3.63, 3.8) is 0 Å². The van der Waals surface area contributed by atoms with Crippen LogP contribution in [0.2, 0.25) is 0 Å². The Labute approximate surface area is 84.3 Å². The van der Waals surface area contributed by atoms with E-state index in [0.717, 1.165) is 36.9 Å². The van der Waals surface area contributed by atoms with Crippen LogP contribution in [0.4, 0.5) is 0 Å². The Morgan fingerprint density at radius 3 is 1.93 bits per heavy atom. The topological polar surface area (TPSA) is 18.5 Å². The minimum absolute atomic E-state index is 0.411. The van der Waals surface area contributed by atoms with E-state index in [9.17, 15) is 0 Å². The third kappa shape index (κ3) is 0.636. The number of allylic oxidation sites excluding steroid dienone is 1. The predicted octanol–water partition coefficient (Wildman–Crippen LogP) is 1.61. The fraction of sp³-hybridized carbons (Fsp3) is 0.833. The molecule has 2 saturated carbocycles. The van der Waals surface area contributed by atoms with Crippen molar-refractivity contribution in [2.75, 3.05) is 13.2 Å². The molecule has 2 aliphatic heterocycles. The van der Waals surface area contributed by atoms with Crippen LogP contribution in [-0.2, 0) is 9.47 Å². The van der Waals surface area contributed by atoms with E-state index in [1.54, 1.807) is 5.57 Å². The molecule has 0 N–H and O–H groups in total. The first-order valence-electron chi connectivity index (χ1n) is 5.69. The van der Waals surface area contributed by atoms with Crippen LogP contribution < -0.4 is 0 Å². The zero-order valence-corrected chi connectivity index (χ0v) is 8.69. The lowest BCUT2D eigenvalue weighted by atomic mass is 9.82. The molecule has 0 aromatic rings. The molecule has 4 aliphatic rings. The Morgan fingerprint density at radius 2 is 1.50 bits per heavy atom. The zero-order valence-electron chi connectivity index (χ0n) is 8.69. The van der Waals surface area contributed by atoms with Crippen LogP contribution in [-0.4, -0.2) is 25.4 Å². The lowest BCUT2D eigenvalue weighted by Gasteiger charge is -2.20. The highest BCUT2D eigenvalue weighted by molar-refractivity contribution is 5.36. The zero-order chi connectivity index (χ0) is 9.45. The van der Waals surface area contributed by atoms with Crippen LogP contribution in [0.15, 0.2) is 11.1 Å². The van der Waals surface area contributed by atoms with Crippen LogP contribution >= 0.6 is 0 Å². The van der Waals surface area contributed by atoms with Crippen molar-refractivity contribution < 1.29 is 9.47 Å².